The van der Waals surface area contributed by atoms with Crippen LogP contribution in [-0.4, -0.2) is 26.2 Å². The molecule has 3 nitrogen and oxygen atoms in total. The SMILES string of the molecule is Clc1ccc(-c2oc3ccccc3c2N2CCNCC2)cc1. The predicted octanol–water partition coefficient (Wildman–Crippen LogP) is 4.16. The number of furan rings is 1. The van der Waals surface area contributed by atoms with Crippen LogP contribution < -0.4 is 10.2 Å². The van der Waals surface area contributed by atoms with Crippen LogP contribution in [0.5, 0.6) is 0 Å². The Morgan fingerprint density at radius 1 is 0.955 bits per heavy atom. The molecule has 0 aliphatic carbocycles. The Labute approximate surface area is 134 Å². The summed E-state index contributed by atoms with van der Waals surface area (Å²) < 4.78 is 6.17. The van der Waals surface area contributed by atoms with Gasteiger partial charge in [-0.3, -0.25) is 0 Å². The minimum absolute atomic E-state index is 0.739. The van der Waals surface area contributed by atoms with Gasteiger partial charge in [0, 0.05) is 42.2 Å². The number of nitrogens with zero attached hydrogens (tertiary/aromatic N) is 1. The second kappa shape index (κ2) is 5.67. The van der Waals surface area contributed by atoms with Gasteiger partial charge in [0.15, 0.2) is 5.76 Å². The second-order valence-corrected chi connectivity index (χ2v) is 5.96. The summed E-state index contributed by atoms with van der Waals surface area (Å²) in [6, 6.07) is 16.1. The fourth-order valence-electron chi connectivity index (χ4n) is 3.03. The molecule has 2 aromatic carbocycles. The van der Waals surface area contributed by atoms with Gasteiger partial charge >= 0.3 is 0 Å². The standard InChI is InChI=1S/C18H17ClN2O/c19-14-7-5-13(6-8-14)18-17(21-11-9-20-10-12-21)15-3-1-2-4-16(15)22-18/h1-8,20H,9-12H2. The fraction of sp³-hybridized carbons (Fsp3) is 0.222. The topological polar surface area (TPSA) is 28.4 Å². The highest BCUT2D eigenvalue weighted by Gasteiger charge is 2.22. The first-order chi connectivity index (χ1) is 10.8. The minimum atomic E-state index is 0.739. The van der Waals surface area contributed by atoms with Crippen molar-refractivity contribution >= 4 is 28.3 Å². The normalized spacial score (nSPS) is 15.4. The molecule has 4 heteroatoms. The van der Waals surface area contributed by atoms with Gasteiger partial charge in [0.2, 0.25) is 0 Å². The smallest absolute Gasteiger partial charge is 0.158 e. The Morgan fingerprint density at radius 2 is 1.68 bits per heavy atom. The second-order valence-electron chi connectivity index (χ2n) is 5.52. The molecule has 0 amide bonds. The molecule has 1 N–H and O–H groups in total. The monoisotopic (exact) mass is 312 g/mol. The van der Waals surface area contributed by atoms with Crippen molar-refractivity contribution in [3.8, 4) is 11.3 Å². The van der Waals surface area contributed by atoms with Crippen molar-refractivity contribution in [1.29, 1.82) is 0 Å². The van der Waals surface area contributed by atoms with Crippen LogP contribution in [0, 0.1) is 0 Å². The number of para-hydroxylation sites is 1. The van der Waals surface area contributed by atoms with E-state index < -0.39 is 0 Å². The number of hydrogen-bond donors (Lipinski definition) is 1. The van der Waals surface area contributed by atoms with Gasteiger partial charge in [0.25, 0.3) is 0 Å². The molecule has 3 aromatic rings. The lowest BCUT2D eigenvalue weighted by molar-refractivity contribution is 0.583. The predicted molar refractivity (Wildman–Crippen MR) is 91.7 cm³/mol. The van der Waals surface area contributed by atoms with Crippen molar-refractivity contribution in [2.75, 3.05) is 31.1 Å². The molecule has 0 spiro atoms. The molecule has 0 bridgehead atoms. The quantitative estimate of drug-likeness (QED) is 0.770. The molecule has 1 aliphatic heterocycles. The Hall–Kier alpha value is -1.97. The van der Waals surface area contributed by atoms with Crippen LogP contribution in [-0.2, 0) is 0 Å². The molecule has 1 fully saturated rings. The molecule has 112 valence electrons. The van der Waals surface area contributed by atoms with Gasteiger partial charge in [0.1, 0.15) is 5.58 Å². The minimum Gasteiger partial charge on any atom is -0.454 e. The molecule has 4 rings (SSSR count). The Kier molecular flexibility index (Phi) is 3.53. The van der Waals surface area contributed by atoms with Crippen molar-refractivity contribution in [2.45, 2.75) is 0 Å². The van der Waals surface area contributed by atoms with Gasteiger partial charge in [-0.05, 0) is 36.4 Å². The maximum absolute atomic E-state index is 6.17. The van der Waals surface area contributed by atoms with E-state index in [-0.39, 0.29) is 0 Å². The molecule has 1 saturated heterocycles. The van der Waals surface area contributed by atoms with Gasteiger partial charge in [0.05, 0.1) is 5.69 Å². The lowest BCUT2D eigenvalue weighted by Gasteiger charge is -2.29. The zero-order valence-corrected chi connectivity index (χ0v) is 12.9. The van der Waals surface area contributed by atoms with Crippen LogP contribution in [0.3, 0.4) is 0 Å². The zero-order chi connectivity index (χ0) is 14.9. The van der Waals surface area contributed by atoms with Crippen LogP contribution in [0.15, 0.2) is 52.9 Å². The maximum atomic E-state index is 6.17. The lowest BCUT2D eigenvalue weighted by atomic mass is 10.1. The maximum Gasteiger partial charge on any atom is 0.158 e. The van der Waals surface area contributed by atoms with Crippen LogP contribution in [0.4, 0.5) is 5.69 Å². The highest BCUT2D eigenvalue weighted by Crippen LogP contribution is 2.40. The van der Waals surface area contributed by atoms with Crippen LogP contribution in [0.2, 0.25) is 5.02 Å². The number of piperazine rings is 1. The number of fused-ring (bicyclic) bond motifs is 1. The summed E-state index contributed by atoms with van der Waals surface area (Å²) in [6.45, 7) is 3.98. The molecule has 0 atom stereocenters. The average Bonchev–Trinajstić information content (AvgIpc) is 2.96. The lowest BCUT2D eigenvalue weighted by Crippen LogP contribution is -2.43. The molecule has 1 aromatic heterocycles. The van der Waals surface area contributed by atoms with Gasteiger partial charge in [-0.25, -0.2) is 0 Å². The molecule has 2 heterocycles. The third kappa shape index (κ3) is 2.36. The van der Waals surface area contributed by atoms with Gasteiger partial charge in [-0.15, -0.1) is 0 Å². The summed E-state index contributed by atoms with van der Waals surface area (Å²) in [7, 11) is 0. The van der Waals surface area contributed by atoms with E-state index in [1.807, 2.05) is 36.4 Å². The van der Waals surface area contributed by atoms with E-state index >= 15 is 0 Å². The van der Waals surface area contributed by atoms with Crippen molar-refractivity contribution in [2.24, 2.45) is 0 Å². The van der Waals surface area contributed by atoms with Gasteiger partial charge in [-0.1, -0.05) is 23.7 Å². The number of halogens is 1. The third-order valence-corrected chi connectivity index (χ3v) is 4.36. The molecule has 22 heavy (non-hydrogen) atoms. The molecule has 0 radical (unpaired) electrons. The van der Waals surface area contributed by atoms with Crippen molar-refractivity contribution in [3.63, 3.8) is 0 Å². The summed E-state index contributed by atoms with van der Waals surface area (Å²) in [5.74, 6) is 0.930. The Balaban J connectivity index is 1.90. The van der Waals surface area contributed by atoms with Crippen LogP contribution in [0.25, 0.3) is 22.3 Å². The first-order valence-corrected chi connectivity index (χ1v) is 7.94. The summed E-state index contributed by atoms with van der Waals surface area (Å²) >= 11 is 6.02. The number of rotatable bonds is 2. The number of anilines is 1. The first-order valence-electron chi connectivity index (χ1n) is 7.56. The zero-order valence-electron chi connectivity index (χ0n) is 12.2. The van der Waals surface area contributed by atoms with E-state index in [1.165, 1.54) is 11.1 Å². The number of benzene rings is 2. The van der Waals surface area contributed by atoms with E-state index in [4.69, 9.17) is 16.0 Å². The highest BCUT2D eigenvalue weighted by atomic mass is 35.5. The number of nitrogens with one attached hydrogen (secondary N) is 1. The summed E-state index contributed by atoms with van der Waals surface area (Å²) in [4.78, 5) is 2.41. The molecular weight excluding hydrogens is 296 g/mol. The largest absolute Gasteiger partial charge is 0.454 e. The summed E-state index contributed by atoms with van der Waals surface area (Å²) in [5.41, 5.74) is 3.19. The fourth-order valence-corrected chi connectivity index (χ4v) is 3.16. The summed E-state index contributed by atoms with van der Waals surface area (Å²) in [6.07, 6.45) is 0. The van der Waals surface area contributed by atoms with Gasteiger partial charge in [-0.2, -0.15) is 0 Å². The number of hydrogen-bond acceptors (Lipinski definition) is 3. The van der Waals surface area contributed by atoms with E-state index in [9.17, 15) is 0 Å². The third-order valence-electron chi connectivity index (χ3n) is 4.11. The Morgan fingerprint density at radius 3 is 2.45 bits per heavy atom. The van der Waals surface area contributed by atoms with Crippen LogP contribution >= 0.6 is 11.6 Å². The molecule has 1 aliphatic rings. The molecule has 0 saturated carbocycles. The highest BCUT2D eigenvalue weighted by molar-refractivity contribution is 6.30. The van der Waals surface area contributed by atoms with Gasteiger partial charge < -0.3 is 14.6 Å². The van der Waals surface area contributed by atoms with Crippen molar-refractivity contribution < 1.29 is 4.42 Å². The van der Waals surface area contributed by atoms with Crippen molar-refractivity contribution in [3.05, 3.63) is 53.6 Å². The van der Waals surface area contributed by atoms with E-state index in [0.717, 1.165) is 48.1 Å². The first kappa shape index (κ1) is 13.7. The van der Waals surface area contributed by atoms with Crippen LogP contribution in [0.1, 0.15) is 0 Å². The average molecular weight is 313 g/mol. The van der Waals surface area contributed by atoms with E-state index in [2.05, 4.69) is 22.3 Å². The summed E-state index contributed by atoms with van der Waals surface area (Å²) in [5, 5.41) is 5.32. The molecule has 0 unspecified atom stereocenters. The van der Waals surface area contributed by atoms with E-state index in [0.29, 0.717) is 0 Å². The Bertz CT molecular complexity index is 788. The van der Waals surface area contributed by atoms with Crippen molar-refractivity contribution in [1.82, 2.24) is 5.32 Å². The van der Waals surface area contributed by atoms with E-state index in [1.54, 1.807) is 0 Å². The molecular formula is C18H17ClN2O.